The van der Waals surface area contributed by atoms with Gasteiger partial charge in [-0.1, -0.05) is 6.07 Å². The molecule has 0 saturated carbocycles. The minimum atomic E-state index is -4.47. The molecule has 0 unspecified atom stereocenters. The Morgan fingerprint density at radius 1 is 1.29 bits per heavy atom. The van der Waals surface area contributed by atoms with Crippen LogP contribution in [0.5, 0.6) is 5.75 Å². The Kier molecular flexibility index (Phi) is 6.59. The minimum Gasteiger partial charge on any atom is -0.484 e. The number of rotatable bonds is 6. The predicted molar refractivity (Wildman–Crippen MR) is 145 cm³/mol. The fourth-order valence-electron chi connectivity index (χ4n) is 5.69. The van der Waals surface area contributed by atoms with Crippen molar-refractivity contribution in [3.63, 3.8) is 0 Å². The third-order valence-corrected chi connectivity index (χ3v) is 9.43. The highest BCUT2D eigenvalue weighted by Crippen LogP contribution is 2.44. The molecule has 1 aliphatic carbocycles. The third kappa shape index (κ3) is 5.12. The molecule has 3 aliphatic rings. The molecule has 0 radical (unpaired) electrons. The van der Waals surface area contributed by atoms with Crippen LogP contribution >= 0.6 is 0 Å². The number of benzene rings is 1. The van der Waals surface area contributed by atoms with Gasteiger partial charge in [-0.25, -0.2) is 13.4 Å². The van der Waals surface area contributed by atoms with E-state index in [9.17, 15) is 31.2 Å². The van der Waals surface area contributed by atoms with Crippen LogP contribution in [0.1, 0.15) is 39.2 Å². The molecule has 4 heterocycles. The number of aromatic nitrogens is 3. The van der Waals surface area contributed by atoms with E-state index in [1.165, 1.54) is 10.7 Å². The lowest BCUT2D eigenvalue weighted by atomic mass is 9.82. The van der Waals surface area contributed by atoms with Gasteiger partial charge >= 0.3 is 6.18 Å². The lowest BCUT2D eigenvalue weighted by Gasteiger charge is -2.35. The molecule has 2 aromatic heterocycles. The highest BCUT2D eigenvalue weighted by molar-refractivity contribution is 7.92. The van der Waals surface area contributed by atoms with Crippen LogP contribution in [0.3, 0.4) is 0 Å². The summed E-state index contributed by atoms with van der Waals surface area (Å²) in [6.45, 7) is -1.41. The van der Waals surface area contributed by atoms with Crippen LogP contribution in [-0.2, 0) is 33.0 Å². The summed E-state index contributed by atoms with van der Waals surface area (Å²) in [6.07, 6.45) is -0.0758. The maximum absolute atomic E-state index is 13.7. The molecule has 2 amide bonds. The summed E-state index contributed by atoms with van der Waals surface area (Å²) in [7, 11) is -1.64. The number of aryl methyl sites for hydroxylation is 1. The first kappa shape index (κ1) is 27.9. The van der Waals surface area contributed by atoms with Crippen molar-refractivity contribution in [2.45, 2.75) is 31.0 Å². The zero-order chi connectivity index (χ0) is 29.9. The average molecular weight is 603 g/mol. The fourth-order valence-corrected chi connectivity index (χ4v) is 7.13. The molecule has 220 valence electrons. The molecule has 42 heavy (non-hydrogen) atoms. The van der Waals surface area contributed by atoms with Crippen molar-refractivity contribution in [1.29, 1.82) is 0 Å². The van der Waals surface area contributed by atoms with Crippen LogP contribution in [0, 0.1) is 5.92 Å². The second-order valence-corrected chi connectivity index (χ2v) is 12.8. The van der Waals surface area contributed by atoms with Crippen molar-refractivity contribution in [1.82, 2.24) is 20.1 Å². The van der Waals surface area contributed by atoms with Gasteiger partial charge in [0.2, 0.25) is 5.91 Å². The number of fused-ring (bicyclic) bond motifs is 3. The summed E-state index contributed by atoms with van der Waals surface area (Å²) >= 11 is 0. The van der Waals surface area contributed by atoms with Crippen LogP contribution in [0.2, 0.25) is 0 Å². The van der Waals surface area contributed by atoms with E-state index in [1.807, 2.05) is 0 Å². The molecular formula is C27H25F3N6O5S. The molecule has 0 bridgehead atoms. The molecule has 1 saturated heterocycles. The van der Waals surface area contributed by atoms with Gasteiger partial charge in [0.05, 0.1) is 28.7 Å². The van der Waals surface area contributed by atoms with Crippen LogP contribution in [0.15, 0.2) is 41.5 Å². The maximum atomic E-state index is 13.7. The third-order valence-electron chi connectivity index (χ3n) is 7.61. The van der Waals surface area contributed by atoms with Crippen molar-refractivity contribution in [2.75, 3.05) is 30.5 Å². The van der Waals surface area contributed by atoms with Gasteiger partial charge in [-0.2, -0.15) is 23.0 Å². The number of nitrogens with one attached hydrogen (secondary N) is 2. The van der Waals surface area contributed by atoms with Gasteiger partial charge in [-0.05, 0) is 48.2 Å². The molecular weight excluding hydrogens is 577 g/mol. The molecule has 1 aromatic carbocycles. The number of ether oxygens (including phenoxy) is 1. The Balaban J connectivity index is 1.35. The molecule has 15 heteroatoms. The number of amides is 2. The smallest absolute Gasteiger partial charge is 0.422 e. The summed E-state index contributed by atoms with van der Waals surface area (Å²) in [5.41, 5.74) is 1.90. The van der Waals surface area contributed by atoms with Crippen molar-refractivity contribution in [2.24, 2.45) is 10.9 Å². The number of carbonyl (C=O) groups excluding carboxylic acids is 2. The Bertz CT molecular complexity index is 1720. The lowest BCUT2D eigenvalue weighted by Crippen LogP contribution is -2.50. The van der Waals surface area contributed by atoms with Gasteiger partial charge in [0.1, 0.15) is 11.3 Å². The second kappa shape index (κ2) is 9.93. The van der Waals surface area contributed by atoms with Gasteiger partial charge in [0, 0.05) is 31.4 Å². The highest BCUT2D eigenvalue weighted by atomic mass is 32.2. The first-order chi connectivity index (χ1) is 19.9. The topological polar surface area (TPSA) is 145 Å². The number of hydrogen-bond donors (Lipinski definition) is 2. The SMILES string of the molecule is C/N=C/c1ccc(-n2nc3c(c2NC(=O)C2CS(=O)(=O)C2)C(=O)N[C@@]2(CCc4cc(OCC(F)(F)F)ccc42)C3)nc1. The lowest BCUT2D eigenvalue weighted by molar-refractivity contribution is -0.153. The van der Waals surface area contributed by atoms with E-state index in [-0.39, 0.29) is 35.1 Å². The first-order valence-corrected chi connectivity index (χ1v) is 14.9. The number of alkyl halides is 3. The number of nitrogens with zero attached hydrogens (tertiary/aromatic N) is 4. The zero-order valence-corrected chi connectivity index (χ0v) is 23.1. The number of aliphatic imine (C=N–C) groups is 1. The summed E-state index contributed by atoms with van der Waals surface area (Å²) in [5, 5.41) is 10.5. The van der Waals surface area contributed by atoms with Crippen molar-refractivity contribution >= 4 is 33.7 Å². The number of anilines is 1. The van der Waals surface area contributed by atoms with E-state index in [1.54, 1.807) is 43.7 Å². The second-order valence-electron chi connectivity index (χ2n) is 10.6. The zero-order valence-electron chi connectivity index (χ0n) is 22.2. The van der Waals surface area contributed by atoms with Crippen LogP contribution in [0.25, 0.3) is 5.82 Å². The van der Waals surface area contributed by atoms with E-state index in [2.05, 4.69) is 25.7 Å². The standard InChI is InChI=1S/C27H25F3N6O5S/c1-31-10-15-2-5-21(32-11-15)36-23(33-24(37)17-12-42(39,40)13-17)22-20(35-36)9-26(34-25(22)38)7-6-16-8-18(3-4-19(16)26)41-14-27(28,29)30/h2-5,8,10-11,17H,6-7,9,12-14H2,1H3,(H,33,37)(H,34,38)/b31-10+/t26-/m0/s1. The molecule has 1 fully saturated rings. The van der Waals surface area contributed by atoms with Crippen LogP contribution < -0.4 is 15.4 Å². The fraction of sp³-hybridized carbons (Fsp3) is 0.370. The van der Waals surface area contributed by atoms with Gasteiger partial charge in [0.15, 0.2) is 28.1 Å². The average Bonchev–Trinajstić information content (AvgIpc) is 3.44. The molecule has 2 N–H and O–H groups in total. The number of hydrogen-bond acceptors (Lipinski definition) is 8. The van der Waals surface area contributed by atoms with Gasteiger partial charge < -0.3 is 15.4 Å². The van der Waals surface area contributed by atoms with Crippen LogP contribution in [-0.4, -0.2) is 72.5 Å². The van der Waals surface area contributed by atoms with Gasteiger partial charge in [0.25, 0.3) is 5.91 Å². The Hall–Kier alpha value is -4.27. The summed E-state index contributed by atoms with van der Waals surface area (Å²) in [5.74, 6) is -1.88. The number of pyridine rings is 1. The van der Waals surface area contributed by atoms with Crippen molar-refractivity contribution in [3.05, 3.63) is 64.5 Å². The normalized spacial score (nSPS) is 21.1. The summed E-state index contributed by atoms with van der Waals surface area (Å²) < 4.78 is 67.5. The number of carbonyl (C=O) groups is 2. The predicted octanol–water partition coefficient (Wildman–Crippen LogP) is 2.37. The Labute approximate surface area is 238 Å². The van der Waals surface area contributed by atoms with E-state index in [4.69, 9.17) is 4.74 Å². The molecule has 1 spiro atoms. The summed E-state index contributed by atoms with van der Waals surface area (Å²) in [4.78, 5) is 35.0. The van der Waals surface area contributed by atoms with Crippen LogP contribution in [0.4, 0.5) is 19.0 Å². The molecule has 11 nitrogen and oxygen atoms in total. The monoisotopic (exact) mass is 602 g/mol. The minimum absolute atomic E-state index is 0.0742. The Morgan fingerprint density at radius 3 is 2.74 bits per heavy atom. The molecule has 1 atom stereocenters. The van der Waals surface area contributed by atoms with Gasteiger partial charge in [-0.3, -0.25) is 14.6 Å². The van der Waals surface area contributed by atoms with E-state index in [0.29, 0.717) is 24.4 Å². The largest absolute Gasteiger partial charge is 0.484 e. The molecule has 6 rings (SSSR count). The van der Waals surface area contributed by atoms with Gasteiger partial charge in [-0.15, -0.1) is 0 Å². The number of halogens is 3. The molecule has 2 aliphatic heterocycles. The Morgan fingerprint density at radius 2 is 2.07 bits per heavy atom. The van der Waals surface area contributed by atoms with Crippen molar-refractivity contribution < 1.29 is 35.9 Å². The molecule has 3 aromatic rings. The van der Waals surface area contributed by atoms with E-state index < -0.39 is 45.9 Å². The highest BCUT2D eigenvalue weighted by Gasteiger charge is 2.47. The number of sulfone groups is 1. The first-order valence-electron chi connectivity index (χ1n) is 13.0. The van der Waals surface area contributed by atoms with E-state index in [0.717, 1.165) is 16.7 Å². The quantitative estimate of drug-likeness (QED) is 0.412. The summed E-state index contributed by atoms with van der Waals surface area (Å²) in [6, 6.07) is 8.06. The van der Waals surface area contributed by atoms with E-state index >= 15 is 0 Å². The van der Waals surface area contributed by atoms with Crippen molar-refractivity contribution in [3.8, 4) is 11.6 Å². The maximum Gasteiger partial charge on any atom is 0.422 e.